The van der Waals surface area contributed by atoms with Gasteiger partial charge < -0.3 is 0 Å². The van der Waals surface area contributed by atoms with Crippen LogP contribution in [0.15, 0.2) is 115 Å². The van der Waals surface area contributed by atoms with E-state index >= 15 is 0 Å². The Bertz CT molecular complexity index is 1090. The van der Waals surface area contributed by atoms with E-state index in [0.717, 1.165) is 6.42 Å². The predicted molar refractivity (Wildman–Crippen MR) is 116 cm³/mol. The van der Waals surface area contributed by atoms with Crippen LogP contribution in [0.5, 0.6) is 0 Å². The van der Waals surface area contributed by atoms with Crippen LogP contribution in [0, 0.1) is 0 Å². The molecule has 2 atom stereocenters. The van der Waals surface area contributed by atoms with Gasteiger partial charge in [0, 0.05) is 0 Å². The first kappa shape index (κ1) is 16.4. The zero-order valence-electron chi connectivity index (χ0n) is 14.8. The molecule has 0 saturated carbocycles. The summed E-state index contributed by atoms with van der Waals surface area (Å²) in [5.41, 5.74) is 10.9. The van der Waals surface area contributed by atoms with Crippen molar-refractivity contribution in [2.24, 2.45) is 0 Å². The molecule has 1 aromatic rings. The summed E-state index contributed by atoms with van der Waals surface area (Å²) < 4.78 is 2.35. The van der Waals surface area contributed by atoms with E-state index in [4.69, 9.17) is 0 Å². The van der Waals surface area contributed by atoms with Crippen molar-refractivity contribution in [3.05, 3.63) is 121 Å². The topological polar surface area (TPSA) is 0 Å². The number of allylic oxidation sites excluding steroid dienone is 15. The number of fused-ring (bicyclic) bond motifs is 2. The quantitative estimate of drug-likeness (QED) is 0.455. The molecule has 1 aromatic carbocycles. The summed E-state index contributed by atoms with van der Waals surface area (Å²) in [5.74, 6) is 0. The fraction of sp³-hybridized carbons (Fsp3) is 0.120. The molecule has 2 heteroatoms. The Kier molecular flexibility index (Phi) is 3.96. The Morgan fingerprint density at radius 2 is 1.81 bits per heavy atom. The van der Waals surface area contributed by atoms with E-state index in [-0.39, 0.29) is 20.9 Å². The van der Waals surface area contributed by atoms with Gasteiger partial charge in [-0.3, -0.25) is 0 Å². The third kappa shape index (κ3) is 2.63. The van der Waals surface area contributed by atoms with E-state index in [2.05, 4.69) is 83.9 Å². The Balaban J connectivity index is 1.46. The van der Waals surface area contributed by atoms with Crippen molar-refractivity contribution in [3.8, 4) is 0 Å². The second-order valence-corrected chi connectivity index (χ2v) is 12.7. The fourth-order valence-corrected chi connectivity index (χ4v) is 10.8. The number of benzene rings is 1. The van der Waals surface area contributed by atoms with Crippen molar-refractivity contribution < 1.29 is 0 Å². The first-order valence-corrected chi connectivity index (χ1v) is 13.9. The normalized spacial score (nSPS) is 27.5. The second kappa shape index (κ2) is 6.51. The van der Waals surface area contributed by atoms with Crippen molar-refractivity contribution in [2.75, 3.05) is 0 Å². The molecule has 5 aliphatic rings. The van der Waals surface area contributed by atoms with Gasteiger partial charge in [0.25, 0.3) is 0 Å². The monoisotopic (exact) mass is 528 g/mol. The summed E-state index contributed by atoms with van der Waals surface area (Å²) in [6.45, 7) is 0. The van der Waals surface area contributed by atoms with Gasteiger partial charge in [0.05, 0.1) is 0 Å². The zero-order chi connectivity index (χ0) is 17.8. The maximum atomic E-state index is 2.58. The third-order valence-corrected chi connectivity index (χ3v) is 11.9. The molecular formula is C25H18SeTe. The van der Waals surface area contributed by atoms with E-state index in [9.17, 15) is 0 Å². The first-order chi connectivity index (χ1) is 13.4. The van der Waals surface area contributed by atoms with Crippen molar-refractivity contribution in [3.63, 3.8) is 0 Å². The summed E-state index contributed by atoms with van der Waals surface area (Å²) in [6.07, 6.45) is 20.0. The van der Waals surface area contributed by atoms with Crippen LogP contribution in [-0.4, -0.2) is 35.9 Å². The Labute approximate surface area is 176 Å². The molecule has 6 rings (SSSR count). The van der Waals surface area contributed by atoms with Crippen LogP contribution in [-0.2, 0) is 0 Å². The van der Waals surface area contributed by atoms with Crippen molar-refractivity contribution in [1.82, 2.24) is 0 Å². The van der Waals surface area contributed by atoms with Gasteiger partial charge in [-0.05, 0) is 0 Å². The Morgan fingerprint density at radius 3 is 2.70 bits per heavy atom. The van der Waals surface area contributed by atoms with Crippen LogP contribution >= 0.6 is 0 Å². The minimum atomic E-state index is -0.164. The van der Waals surface area contributed by atoms with Gasteiger partial charge in [0.1, 0.15) is 0 Å². The molecule has 0 radical (unpaired) electrons. The van der Waals surface area contributed by atoms with Gasteiger partial charge in [0.2, 0.25) is 0 Å². The fourth-order valence-electron chi connectivity index (χ4n) is 4.48. The predicted octanol–water partition coefficient (Wildman–Crippen LogP) is 5.54. The second-order valence-electron chi connectivity index (χ2n) is 7.25. The molecule has 0 amide bonds. The SMILES string of the molecule is C1=CC2=CC(C3=C(C4[Se]C=C5C=CC=C54)C(c4ccccc4)=CC3)[Te]C2=C1. The molecule has 0 N–H and O–H groups in total. The molecule has 2 heterocycles. The maximum absolute atomic E-state index is 2.58. The molecule has 2 unspecified atom stereocenters. The van der Waals surface area contributed by atoms with Gasteiger partial charge in [-0.25, -0.2) is 0 Å². The van der Waals surface area contributed by atoms with Crippen molar-refractivity contribution in [1.29, 1.82) is 0 Å². The molecule has 0 spiro atoms. The van der Waals surface area contributed by atoms with Crippen LogP contribution in [0.1, 0.15) is 12.0 Å². The van der Waals surface area contributed by atoms with Gasteiger partial charge in [-0.2, -0.15) is 0 Å². The summed E-state index contributed by atoms with van der Waals surface area (Å²) in [7, 11) is 0. The van der Waals surface area contributed by atoms with Crippen molar-refractivity contribution in [2.45, 2.75) is 15.2 Å². The van der Waals surface area contributed by atoms with Gasteiger partial charge in [0.15, 0.2) is 0 Å². The molecule has 0 aromatic heterocycles. The average molecular weight is 525 g/mol. The van der Waals surface area contributed by atoms with Crippen molar-refractivity contribution >= 4 is 41.5 Å². The molecule has 2 aliphatic heterocycles. The standard InChI is InChI=1S/C25H18SeTe/c1-2-6-16(7-3-1)19-12-13-21(23-14-17-8-5-11-22(17)27-23)24(19)25-20-10-4-9-18(20)15-26-25/h1-12,14-15,23,25H,13H2. The molecule has 0 saturated heterocycles. The van der Waals surface area contributed by atoms with Crippen LogP contribution < -0.4 is 0 Å². The molecule has 0 nitrogen and oxygen atoms in total. The number of rotatable bonds is 3. The van der Waals surface area contributed by atoms with Gasteiger partial charge >= 0.3 is 178 Å². The summed E-state index contributed by atoms with van der Waals surface area (Å²) in [4.78, 5) is 3.10. The van der Waals surface area contributed by atoms with E-state index in [0.29, 0.717) is 23.7 Å². The van der Waals surface area contributed by atoms with Crippen LogP contribution in [0.2, 0.25) is 8.78 Å². The summed E-state index contributed by atoms with van der Waals surface area (Å²) >= 11 is 0.356. The minimum absolute atomic E-state index is 0.164. The van der Waals surface area contributed by atoms with E-state index in [1.54, 1.807) is 20.3 Å². The Hall–Kier alpha value is -1.55. The summed E-state index contributed by atoms with van der Waals surface area (Å²) in [6, 6.07) is 11.1. The van der Waals surface area contributed by atoms with Crippen LogP contribution in [0.25, 0.3) is 5.57 Å². The van der Waals surface area contributed by atoms with Crippen LogP contribution in [0.3, 0.4) is 0 Å². The van der Waals surface area contributed by atoms with Crippen LogP contribution in [0.4, 0.5) is 0 Å². The zero-order valence-corrected chi connectivity index (χ0v) is 18.8. The average Bonchev–Trinajstić information content (AvgIpc) is 3.45. The summed E-state index contributed by atoms with van der Waals surface area (Å²) in [5, 5.41) is 0. The number of hydrogen-bond donors (Lipinski definition) is 0. The molecule has 0 fully saturated rings. The molecule has 27 heavy (non-hydrogen) atoms. The van der Waals surface area contributed by atoms with E-state index in [1.165, 1.54) is 22.3 Å². The molecule has 3 aliphatic carbocycles. The van der Waals surface area contributed by atoms with E-state index in [1.807, 2.05) is 0 Å². The first-order valence-electron chi connectivity index (χ1n) is 9.39. The molecule has 130 valence electrons. The molecular weight excluding hydrogens is 507 g/mol. The van der Waals surface area contributed by atoms with Gasteiger partial charge in [-0.1, -0.05) is 0 Å². The Morgan fingerprint density at radius 1 is 0.963 bits per heavy atom. The third-order valence-electron chi connectivity index (χ3n) is 5.74. The number of hydrogen-bond acceptors (Lipinski definition) is 0. The van der Waals surface area contributed by atoms with E-state index < -0.39 is 0 Å². The molecule has 0 bridgehead atoms. The van der Waals surface area contributed by atoms with Gasteiger partial charge in [-0.15, -0.1) is 0 Å².